The molecule has 0 aromatic heterocycles. The Hall–Kier alpha value is -2.54. The monoisotopic (exact) mass is 432 g/mol. The average molecular weight is 432 g/mol. The smallest absolute Gasteiger partial charge is 0.416 e. The molecule has 1 amide bonds. The van der Waals surface area contributed by atoms with Crippen molar-refractivity contribution in [2.24, 2.45) is 0 Å². The van der Waals surface area contributed by atoms with Crippen LogP contribution in [0.15, 0.2) is 42.5 Å². The van der Waals surface area contributed by atoms with Crippen LogP contribution in [0.1, 0.15) is 42.4 Å². The fourth-order valence-electron chi connectivity index (χ4n) is 4.24. The summed E-state index contributed by atoms with van der Waals surface area (Å²) in [7, 11) is 0. The first-order chi connectivity index (χ1) is 14.9. The highest BCUT2D eigenvalue weighted by atomic mass is 19.4. The second-order valence-corrected chi connectivity index (χ2v) is 8.32. The number of nitrogens with zero attached hydrogens (tertiary/aromatic N) is 1. The van der Waals surface area contributed by atoms with Crippen LogP contribution in [0.2, 0.25) is 0 Å². The van der Waals surface area contributed by atoms with Crippen LogP contribution in [-0.4, -0.2) is 36.5 Å². The summed E-state index contributed by atoms with van der Waals surface area (Å²) in [5.74, 6) is 0.919. The number of nitrogens with one attached hydrogen (secondary N) is 1. The van der Waals surface area contributed by atoms with Gasteiger partial charge in [0.2, 0.25) is 5.91 Å². The number of halogens is 3. The third-order valence-electron chi connectivity index (χ3n) is 6.03. The van der Waals surface area contributed by atoms with Gasteiger partial charge < -0.3 is 15.0 Å². The maximum Gasteiger partial charge on any atom is 0.416 e. The number of anilines is 1. The molecule has 2 aliphatic rings. The van der Waals surface area contributed by atoms with E-state index in [1.807, 2.05) is 18.2 Å². The molecular formula is C24H27F3N2O2. The van der Waals surface area contributed by atoms with E-state index in [9.17, 15) is 18.0 Å². The van der Waals surface area contributed by atoms with Crippen molar-refractivity contribution in [2.75, 3.05) is 25.0 Å². The number of fused-ring (bicyclic) bond motifs is 1. The molecule has 1 fully saturated rings. The molecule has 2 aliphatic heterocycles. The fourth-order valence-corrected chi connectivity index (χ4v) is 4.24. The maximum atomic E-state index is 12.6. The van der Waals surface area contributed by atoms with Gasteiger partial charge >= 0.3 is 6.18 Å². The van der Waals surface area contributed by atoms with E-state index in [4.69, 9.17) is 4.74 Å². The minimum atomic E-state index is -4.28. The molecule has 0 radical (unpaired) electrons. The molecule has 1 N–H and O–H groups in total. The van der Waals surface area contributed by atoms with E-state index in [0.717, 1.165) is 86.4 Å². The van der Waals surface area contributed by atoms with Crippen LogP contribution in [0.4, 0.5) is 18.9 Å². The molecule has 31 heavy (non-hydrogen) atoms. The number of amides is 1. The number of alkyl halides is 3. The zero-order chi connectivity index (χ0) is 21.8. The van der Waals surface area contributed by atoms with Crippen LogP contribution in [-0.2, 0) is 23.8 Å². The van der Waals surface area contributed by atoms with Gasteiger partial charge in [-0.2, -0.15) is 13.2 Å². The molecule has 166 valence electrons. The summed E-state index contributed by atoms with van der Waals surface area (Å²) in [6, 6.07) is 11.3. The molecule has 0 atom stereocenters. The number of benzene rings is 2. The molecule has 2 aromatic rings. The second-order valence-electron chi connectivity index (χ2n) is 8.32. The highest BCUT2D eigenvalue weighted by Crippen LogP contribution is 2.30. The summed E-state index contributed by atoms with van der Waals surface area (Å²) >= 11 is 0. The molecule has 0 bridgehead atoms. The Labute approximate surface area is 180 Å². The quantitative estimate of drug-likeness (QED) is 0.693. The van der Waals surface area contributed by atoms with Gasteiger partial charge in [-0.15, -0.1) is 0 Å². The van der Waals surface area contributed by atoms with Gasteiger partial charge in [0.15, 0.2) is 0 Å². The van der Waals surface area contributed by atoms with Gasteiger partial charge in [0, 0.05) is 25.2 Å². The molecule has 1 saturated heterocycles. The molecule has 0 unspecified atom stereocenters. The number of ether oxygens (including phenoxy) is 1. The average Bonchev–Trinajstić information content (AvgIpc) is 2.75. The first-order valence-corrected chi connectivity index (χ1v) is 10.8. The van der Waals surface area contributed by atoms with E-state index in [0.29, 0.717) is 6.42 Å². The van der Waals surface area contributed by atoms with Gasteiger partial charge in [-0.1, -0.05) is 12.1 Å². The number of carbonyl (C=O) groups excluding carboxylic acids is 1. The van der Waals surface area contributed by atoms with Gasteiger partial charge in [-0.3, -0.25) is 4.79 Å². The largest absolute Gasteiger partial charge is 0.490 e. The Bertz CT molecular complexity index is 904. The van der Waals surface area contributed by atoms with Crippen molar-refractivity contribution in [3.63, 3.8) is 0 Å². The predicted octanol–water partition coefficient (Wildman–Crippen LogP) is 5.07. The zero-order valence-electron chi connectivity index (χ0n) is 17.4. The molecular weight excluding hydrogens is 405 g/mol. The third kappa shape index (κ3) is 5.79. The van der Waals surface area contributed by atoms with Crippen molar-refractivity contribution in [1.29, 1.82) is 0 Å². The highest BCUT2D eigenvalue weighted by Gasteiger charge is 2.30. The number of likely N-dealkylation sites (tertiary alicyclic amines) is 1. The summed E-state index contributed by atoms with van der Waals surface area (Å²) in [6.45, 7) is 2.85. The second kappa shape index (κ2) is 9.30. The highest BCUT2D eigenvalue weighted by molar-refractivity contribution is 5.93. The molecule has 0 spiro atoms. The van der Waals surface area contributed by atoms with Crippen LogP contribution in [0.5, 0.6) is 5.75 Å². The Kier molecular flexibility index (Phi) is 6.51. The topological polar surface area (TPSA) is 41.6 Å². The van der Waals surface area contributed by atoms with Crippen molar-refractivity contribution in [3.8, 4) is 5.75 Å². The van der Waals surface area contributed by atoms with Crippen LogP contribution >= 0.6 is 0 Å². The standard InChI is InChI=1S/C24H27F3N2O2/c25-24(26,27)19-6-3-17(4-7-19)2-1-13-29-14-11-20(12-15-29)31-21-8-9-22-18(16-21)5-10-23(30)28-22/h3-4,6-9,16,20H,1-2,5,10-15H2,(H,28,30). The summed E-state index contributed by atoms with van der Waals surface area (Å²) in [6.07, 6.45) is 0.773. The van der Waals surface area contributed by atoms with Crippen LogP contribution in [0, 0.1) is 0 Å². The Morgan fingerprint density at radius 3 is 2.48 bits per heavy atom. The minimum Gasteiger partial charge on any atom is -0.490 e. The number of piperidine rings is 1. The molecule has 2 heterocycles. The van der Waals surface area contributed by atoms with Gasteiger partial charge in [-0.05, 0) is 80.1 Å². The number of rotatable bonds is 6. The van der Waals surface area contributed by atoms with E-state index < -0.39 is 11.7 Å². The van der Waals surface area contributed by atoms with E-state index >= 15 is 0 Å². The van der Waals surface area contributed by atoms with Crippen LogP contribution < -0.4 is 10.1 Å². The number of hydrogen-bond acceptors (Lipinski definition) is 3. The van der Waals surface area contributed by atoms with Gasteiger partial charge in [-0.25, -0.2) is 0 Å². The van der Waals surface area contributed by atoms with E-state index in [1.165, 1.54) is 0 Å². The SMILES string of the molecule is O=C1CCc2cc(OC3CCN(CCCc4ccc(C(F)(F)F)cc4)CC3)ccc2N1. The lowest BCUT2D eigenvalue weighted by Crippen LogP contribution is -2.38. The van der Waals surface area contributed by atoms with Crippen molar-refractivity contribution in [2.45, 2.75) is 50.8 Å². The van der Waals surface area contributed by atoms with E-state index in [1.54, 1.807) is 12.1 Å². The Balaban J connectivity index is 1.18. The third-order valence-corrected chi connectivity index (χ3v) is 6.03. The van der Waals surface area contributed by atoms with Crippen molar-refractivity contribution >= 4 is 11.6 Å². The van der Waals surface area contributed by atoms with Crippen molar-refractivity contribution in [1.82, 2.24) is 4.90 Å². The van der Waals surface area contributed by atoms with Crippen LogP contribution in [0.3, 0.4) is 0 Å². The number of carbonyl (C=O) groups is 1. The van der Waals surface area contributed by atoms with Gasteiger partial charge in [0.1, 0.15) is 11.9 Å². The lowest BCUT2D eigenvalue weighted by atomic mass is 10.0. The Morgan fingerprint density at radius 2 is 1.77 bits per heavy atom. The molecule has 0 aliphatic carbocycles. The summed E-state index contributed by atoms with van der Waals surface area (Å²) in [5.41, 5.74) is 2.35. The summed E-state index contributed by atoms with van der Waals surface area (Å²) in [4.78, 5) is 13.9. The zero-order valence-corrected chi connectivity index (χ0v) is 17.4. The van der Waals surface area contributed by atoms with Gasteiger partial charge in [0.25, 0.3) is 0 Å². The molecule has 2 aromatic carbocycles. The van der Waals surface area contributed by atoms with E-state index in [2.05, 4.69) is 10.2 Å². The lowest BCUT2D eigenvalue weighted by Gasteiger charge is -2.32. The number of aryl methyl sites for hydroxylation is 2. The number of hydrogen-bond donors (Lipinski definition) is 1. The predicted molar refractivity (Wildman–Crippen MR) is 113 cm³/mol. The van der Waals surface area contributed by atoms with Crippen molar-refractivity contribution in [3.05, 3.63) is 59.2 Å². The van der Waals surface area contributed by atoms with Gasteiger partial charge in [0.05, 0.1) is 5.56 Å². The fraction of sp³-hybridized carbons (Fsp3) is 0.458. The molecule has 0 saturated carbocycles. The molecule has 4 rings (SSSR count). The minimum absolute atomic E-state index is 0.0619. The van der Waals surface area contributed by atoms with Crippen molar-refractivity contribution < 1.29 is 22.7 Å². The molecule has 4 nitrogen and oxygen atoms in total. The first-order valence-electron chi connectivity index (χ1n) is 10.8. The first kappa shape index (κ1) is 21.7. The van der Waals surface area contributed by atoms with Crippen LogP contribution in [0.25, 0.3) is 0 Å². The van der Waals surface area contributed by atoms with E-state index in [-0.39, 0.29) is 12.0 Å². The normalized spacial score (nSPS) is 17.8. The molecule has 7 heteroatoms. The summed E-state index contributed by atoms with van der Waals surface area (Å²) < 4.78 is 44.1. The summed E-state index contributed by atoms with van der Waals surface area (Å²) in [5, 5.41) is 2.89. The Morgan fingerprint density at radius 1 is 1.03 bits per heavy atom. The maximum absolute atomic E-state index is 12.6. The lowest BCUT2D eigenvalue weighted by molar-refractivity contribution is -0.137.